The molecule has 3 aromatic rings. The zero-order valence-corrected chi connectivity index (χ0v) is 14.0. The van der Waals surface area contributed by atoms with E-state index in [-0.39, 0.29) is 5.82 Å². The van der Waals surface area contributed by atoms with Crippen LogP contribution in [-0.2, 0) is 19.4 Å². The van der Waals surface area contributed by atoms with Crippen LogP contribution in [0.2, 0.25) is 0 Å². The van der Waals surface area contributed by atoms with Gasteiger partial charge in [-0.05, 0) is 47.9 Å². The number of aromatic nitrogens is 2. The molecule has 0 unspecified atom stereocenters. The zero-order chi connectivity index (χ0) is 17.1. The van der Waals surface area contributed by atoms with Gasteiger partial charge in [0.05, 0.1) is 12.0 Å². The molecule has 1 aliphatic rings. The Labute approximate surface area is 147 Å². The molecule has 126 valence electrons. The summed E-state index contributed by atoms with van der Waals surface area (Å²) in [6, 6.07) is 14.0. The van der Waals surface area contributed by atoms with E-state index in [9.17, 15) is 4.39 Å². The van der Waals surface area contributed by atoms with Gasteiger partial charge in [-0.15, -0.1) is 0 Å². The largest absolute Gasteiger partial charge is 0.373 e. The Balaban J connectivity index is 1.40. The first-order valence-electron chi connectivity index (χ1n) is 8.54. The minimum atomic E-state index is -0.226. The third kappa shape index (κ3) is 3.48. The summed E-state index contributed by atoms with van der Waals surface area (Å²) < 4.78 is 16.0. The average molecular weight is 333 g/mol. The number of nitrogens with zero attached hydrogens (tertiary/aromatic N) is 3. The summed E-state index contributed by atoms with van der Waals surface area (Å²) in [6.45, 7) is 1.97. The van der Waals surface area contributed by atoms with Gasteiger partial charge in [-0.3, -0.25) is 0 Å². The van der Waals surface area contributed by atoms with Crippen LogP contribution in [0, 0.1) is 5.82 Å². The quantitative estimate of drug-likeness (QED) is 0.716. The smallest absolute Gasteiger partial charge is 0.147 e. The Morgan fingerprint density at radius 1 is 1.12 bits per heavy atom. The van der Waals surface area contributed by atoms with E-state index in [1.54, 1.807) is 35.4 Å². The van der Waals surface area contributed by atoms with Crippen LogP contribution in [0.5, 0.6) is 0 Å². The first-order chi connectivity index (χ1) is 12.3. The number of halogens is 1. The molecule has 0 aliphatic carbocycles. The van der Waals surface area contributed by atoms with Gasteiger partial charge >= 0.3 is 0 Å². The number of allylic oxidation sites excluding steroid dienone is 1. The normalized spacial score (nSPS) is 14.0. The molecule has 0 saturated heterocycles. The van der Waals surface area contributed by atoms with Crippen LogP contribution >= 0.6 is 0 Å². The van der Waals surface area contributed by atoms with Crippen LogP contribution in [0.4, 0.5) is 4.39 Å². The SMILES string of the molecule is Fc1cc(C/C=C/N2CCc3ccccc3C2)ccc1-n1ccnc1. The van der Waals surface area contributed by atoms with Crippen molar-refractivity contribution >= 4 is 0 Å². The third-order valence-corrected chi connectivity index (χ3v) is 4.62. The van der Waals surface area contributed by atoms with E-state index in [1.165, 1.54) is 11.1 Å². The molecule has 25 heavy (non-hydrogen) atoms. The Morgan fingerprint density at radius 3 is 2.80 bits per heavy atom. The molecule has 0 amide bonds. The molecule has 0 radical (unpaired) electrons. The van der Waals surface area contributed by atoms with Gasteiger partial charge in [-0.25, -0.2) is 9.37 Å². The second-order valence-electron chi connectivity index (χ2n) is 6.33. The lowest BCUT2D eigenvalue weighted by molar-refractivity contribution is 0.352. The maximum Gasteiger partial charge on any atom is 0.147 e. The molecule has 0 bridgehead atoms. The second-order valence-corrected chi connectivity index (χ2v) is 6.33. The molecule has 0 saturated carbocycles. The summed E-state index contributed by atoms with van der Waals surface area (Å²) in [5.74, 6) is -0.226. The molecule has 1 aliphatic heterocycles. The van der Waals surface area contributed by atoms with Crippen LogP contribution in [0.15, 0.2) is 73.5 Å². The van der Waals surface area contributed by atoms with Crippen molar-refractivity contribution in [2.24, 2.45) is 0 Å². The molecule has 2 aromatic carbocycles. The predicted molar refractivity (Wildman–Crippen MR) is 96.9 cm³/mol. The average Bonchev–Trinajstić information content (AvgIpc) is 3.16. The van der Waals surface area contributed by atoms with Crippen LogP contribution in [0.3, 0.4) is 0 Å². The maximum atomic E-state index is 14.3. The summed E-state index contributed by atoms with van der Waals surface area (Å²) in [6.07, 6.45) is 11.0. The Hall–Kier alpha value is -2.88. The summed E-state index contributed by atoms with van der Waals surface area (Å²) in [5, 5.41) is 0. The molecule has 0 fully saturated rings. The fourth-order valence-electron chi connectivity index (χ4n) is 3.27. The van der Waals surface area contributed by atoms with Gasteiger partial charge in [0, 0.05) is 25.5 Å². The standard InChI is InChI=1S/C21H20FN3/c22-20-14-17(7-8-21(20)25-13-10-23-16-25)4-3-11-24-12-9-18-5-1-2-6-19(18)15-24/h1-3,5-8,10-11,13-14,16H,4,9,12,15H2/b11-3+. The maximum absolute atomic E-state index is 14.3. The molecular formula is C21H20FN3. The van der Waals surface area contributed by atoms with Gasteiger partial charge in [0.25, 0.3) is 0 Å². The zero-order valence-electron chi connectivity index (χ0n) is 14.0. The van der Waals surface area contributed by atoms with Crippen LogP contribution in [0.1, 0.15) is 16.7 Å². The van der Waals surface area contributed by atoms with Gasteiger partial charge in [0.1, 0.15) is 5.82 Å². The van der Waals surface area contributed by atoms with Crippen molar-refractivity contribution in [3.05, 3.63) is 96.0 Å². The topological polar surface area (TPSA) is 21.1 Å². The van der Waals surface area contributed by atoms with E-state index in [2.05, 4.69) is 46.4 Å². The molecule has 1 aromatic heterocycles. The van der Waals surface area contributed by atoms with Crippen LogP contribution in [0.25, 0.3) is 5.69 Å². The minimum Gasteiger partial charge on any atom is -0.373 e. The molecule has 3 nitrogen and oxygen atoms in total. The highest BCUT2D eigenvalue weighted by molar-refractivity contribution is 5.37. The number of rotatable bonds is 4. The monoisotopic (exact) mass is 333 g/mol. The van der Waals surface area contributed by atoms with Gasteiger partial charge in [-0.2, -0.15) is 0 Å². The molecule has 0 spiro atoms. The van der Waals surface area contributed by atoms with E-state index in [1.807, 2.05) is 6.07 Å². The van der Waals surface area contributed by atoms with E-state index in [4.69, 9.17) is 0 Å². The Kier molecular flexibility index (Phi) is 4.34. The van der Waals surface area contributed by atoms with Crippen LogP contribution in [-0.4, -0.2) is 21.0 Å². The van der Waals surface area contributed by atoms with E-state index in [0.29, 0.717) is 5.69 Å². The fourth-order valence-corrected chi connectivity index (χ4v) is 3.27. The Bertz CT molecular complexity index is 884. The van der Waals surface area contributed by atoms with Gasteiger partial charge in [0.2, 0.25) is 0 Å². The lowest BCUT2D eigenvalue weighted by Gasteiger charge is -2.27. The number of hydrogen-bond acceptors (Lipinski definition) is 2. The van der Waals surface area contributed by atoms with E-state index >= 15 is 0 Å². The van der Waals surface area contributed by atoms with Crippen molar-refractivity contribution in [2.75, 3.05) is 6.54 Å². The summed E-state index contributed by atoms with van der Waals surface area (Å²) in [7, 11) is 0. The molecule has 0 atom stereocenters. The van der Waals surface area contributed by atoms with E-state index < -0.39 is 0 Å². The van der Waals surface area contributed by atoms with Crippen molar-refractivity contribution < 1.29 is 4.39 Å². The number of fused-ring (bicyclic) bond motifs is 1. The summed E-state index contributed by atoms with van der Waals surface area (Å²) >= 11 is 0. The summed E-state index contributed by atoms with van der Waals surface area (Å²) in [4.78, 5) is 6.28. The van der Waals surface area contributed by atoms with Crippen molar-refractivity contribution in [2.45, 2.75) is 19.4 Å². The number of hydrogen-bond donors (Lipinski definition) is 0. The van der Waals surface area contributed by atoms with Crippen molar-refractivity contribution in [1.29, 1.82) is 0 Å². The molecule has 4 rings (SSSR count). The highest BCUT2D eigenvalue weighted by Gasteiger charge is 2.12. The molecule has 2 heterocycles. The van der Waals surface area contributed by atoms with Crippen LogP contribution < -0.4 is 0 Å². The molecule has 0 N–H and O–H groups in total. The van der Waals surface area contributed by atoms with Gasteiger partial charge < -0.3 is 9.47 Å². The first kappa shape index (κ1) is 15.6. The third-order valence-electron chi connectivity index (χ3n) is 4.62. The number of benzene rings is 2. The second kappa shape index (κ2) is 6.93. The van der Waals surface area contributed by atoms with Crippen molar-refractivity contribution in [3.63, 3.8) is 0 Å². The van der Waals surface area contributed by atoms with Gasteiger partial charge in [-0.1, -0.05) is 36.4 Å². The van der Waals surface area contributed by atoms with Gasteiger partial charge in [0.15, 0.2) is 0 Å². The highest BCUT2D eigenvalue weighted by atomic mass is 19.1. The number of imidazole rings is 1. The first-order valence-corrected chi connectivity index (χ1v) is 8.54. The van der Waals surface area contributed by atoms with E-state index in [0.717, 1.165) is 31.5 Å². The fraction of sp³-hybridized carbons (Fsp3) is 0.190. The molecular weight excluding hydrogens is 313 g/mol. The Morgan fingerprint density at radius 2 is 2.00 bits per heavy atom. The van der Waals surface area contributed by atoms with Crippen molar-refractivity contribution in [3.8, 4) is 5.69 Å². The molecule has 4 heteroatoms. The predicted octanol–water partition coefficient (Wildman–Crippen LogP) is 4.13. The highest BCUT2D eigenvalue weighted by Crippen LogP contribution is 2.19. The summed E-state index contributed by atoms with van der Waals surface area (Å²) in [5.41, 5.74) is 4.34. The lowest BCUT2D eigenvalue weighted by Crippen LogP contribution is -2.25. The van der Waals surface area contributed by atoms with Crippen molar-refractivity contribution in [1.82, 2.24) is 14.5 Å². The minimum absolute atomic E-state index is 0.226. The lowest BCUT2D eigenvalue weighted by atomic mass is 10.0.